The Kier molecular flexibility index (Phi) is 4.98. The van der Waals surface area contributed by atoms with Gasteiger partial charge in [-0.15, -0.1) is 0 Å². The van der Waals surface area contributed by atoms with Crippen molar-refractivity contribution in [2.24, 2.45) is 5.73 Å². The maximum absolute atomic E-state index is 12.6. The molecule has 0 fully saturated rings. The van der Waals surface area contributed by atoms with E-state index in [9.17, 15) is 8.42 Å². The molecule has 0 amide bonds. The number of aryl methyl sites for hydroxylation is 1. The molecule has 108 valence electrons. The Hall–Kier alpha value is -1.07. The lowest BCUT2D eigenvalue weighted by molar-refractivity contribution is 0.553. The molecule has 0 saturated heterocycles. The highest BCUT2D eigenvalue weighted by atomic mass is 32.2. The Morgan fingerprint density at radius 2 is 1.68 bits per heavy atom. The van der Waals surface area contributed by atoms with Gasteiger partial charge < -0.3 is 5.73 Å². The van der Waals surface area contributed by atoms with Crippen LogP contribution in [0, 0.1) is 6.92 Å². The third-order valence-electron chi connectivity index (χ3n) is 2.95. The van der Waals surface area contributed by atoms with Gasteiger partial charge in [-0.3, -0.25) is 4.31 Å². The lowest BCUT2D eigenvalue weighted by Crippen LogP contribution is -2.44. The molecule has 0 saturated carbocycles. The van der Waals surface area contributed by atoms with Crippen LogP contribution in [0.5, 0.6) is 0 Å². The largest absolute Gasteiger partial charge is 0.330 e. The summed E-state index contributed by atoms with van der Waals surface area (Å²) in [6.45, 7) is 8.01. The first kappa shape index (κ1) is 16.0. The number of sulfonamides is 1. The Morgan fingerprint density at radius 3 is 2.11 bits per heavy atom. The zero-order chi connectivity index (χ0) is 14.7. The topological polar surface area (TPSA) is 63.4 Å². The molecule has 4 nitrogen and oxygen atoms in total. The van der Waals surface area contributed by atoms with E-state index in [1.807, 2.05) is 31.2 Å². The second-order valence-electron chi connectivity index (χ2n) is 5.67. The molecule has 0 heterocycles. The van der Waals surface area contributed by atoms with Crippen LogP contribution in [0.25, 0.3) is 0 Å². The molecule has 19 heavy (non-hydrogen) atoms. The predicted octanol–water partition coefficient (Wildman–Crippen LogP) is 2.28. The lowest BCUT2D eigenvalue weighted by Gasteiger charge is -2.31. The lowest BCUT2D eigenvalue weighted by atomic mass is 10.2. The van der Waals surface area contributed by atoms with Crippen molar-refractivity contribution in [2.75, 3.05) is 17.4 Å². The van der Waals surface area contributed by atoms with Crippen molar-refractivity contribution < 1.29 is 8.42 Å². The normalized spacial score (nSPS) is 12.5. The molecule has 0 aliphatic carbocycles. The van der Waals surface area contributed by atoms with Crippen LogP contribution in [0.4, 0.5) is 5.69 Å². The van der Waals surface area contributed by atoms with Crippen LogP contribution in [0.2, 0.25) is 0 Å². The number of nitrogens with two attached hydrogens (primary N) is 1. The zero-order valence-corrected chi connectivity index (χ0v) is 13.0. The quantitative estimate of drug-likeness (QED) is 0.902. The van der Waals surface area contributed by atoms with Crippen molar-refractivity contribution in [3.63, 3.8) is 0 Å². The van der Waals surface area contributed by atoms with Crippen molar-refractivity contribution >= 4 is 15.7 Å². The standard InChI is InChI=1S/C14H24N2O2S/c1-12-6-8-13(9-7-12)16(11-5-10-15)19(17,18)14(2,3)4/h6-9H,5,10-11,15H2,1-4H3. The fourth-order valence-corrected chi connectivity index (χ4v) is 3.09. The Balaban J connectivity index is 3.19. The minimum absolute atomic E-state index is 0.416. The van der Waals surface area contributed by atoms with Gasteiger partial charge in [-0.25, -0.2) is 8.42 Å². The SMILES string of the molecule is Cc1ccc(N(CCCN)S(=O)(=O)C(C)(C)C)cc1. The van der Waals surface area contributed by atoms with E-state index in [2.05, 4.69) is 0 Å². The minimum Gasteiger partial charge on any atom is -0.330 e. The van der Waals surface area contributed by atoms with E-state index in [1.54, 1.807) is 20.8 Å². The van der Waals surface area contributed by atoms with E-state index in [-0.39, 0.29) is 0 Å². The highest BCUT2D eigenvalue weighted by Crippen LogP contribution is 2.26. The monoisotopic (exact) mass is 284 g/mol. The second-order valence-corrected chi connectivity index (χ2v) is 8.28. The van der Waals surface area contributed by atoms with Crippen LogP contribution in [0.1, 0.15) is 32.8 Å². The van der Waals surface area contributed by atoms with E-state index in [4.69, 9.17) is 5.73 Å². The number of hydrogen-bond donors (Lipinski definition) is 1. The van der Waals surface area contributed by atoms with Gasteiger partial charge >= 0.3 is 0 Å². The highest BCUT2D eigenvalue weighted by molar-refractivity contribution is 7.94. The molecule has 0 atom stereocenters. The zero-order valence-electron chi connectivity index (χ0n) is 12.2. The van der Waals surface area contributed by atoms with E-state index >= 15 is 0 Å². The fourth-order valence-electron chi connectivity index (χ4n) is 1.66. The summed E-state index contributed by atoms with van der Waals surface area (Å²) >= 11 is 0. The molecule has 0 radical (unpaired) electrons. The molecule has 5 heteroatoms. The van der Waals surface area contributed by atoms with E-state index in [0.29, 0.717) is 25.2 Å². The van der Waals surface area contributed by atoms with E-state index in [1.165, 1.54) is 4.31 Å². The van der Waals surface area contributed by atoms with Crippen molar-refractivity contribution in [2.45, 2.75) is 38.9 Å². The Labute approximate surface area is 116 Å². The predicted molar refractivity (Wildman–Crippen MR) is 80.9 cm³/mol. The van der Waals surface area contributed by atoms with Gasteiger partial charge in [-0.2, -0.15) is 0 Å². The van der Waals surface area contributed by atoms with Gasteiger partial charge in [-0.05, 0) is 52.8 Å². The minimum atomic E-state index is -3.40. The number of hydrogen-bond acceptors (Lipinski definition) is 3. The van der Waals surface area contributed by atoms with Crippen LogP contribution in [-0.4, -0.2) is 26.3 Å². The van der Waals surface area contributed by atoms with Crippen LogP contribution in [0.3, 0.4) is 0 Å². The van der Waals surface area contributed by atoms with Crippen molar-refractivity contribution in [1.82, 2.24) is 0 Å². The third-order valence-corrected chi connectivity index (χ3v) is 5.47. The van der Waals surface area contributed by atoms with Gasteiger partial charge in [-0.1, -0.05) is 17.7 Å². The molecule has 2 N–H and O–H groups in total. The third kappa shape index (κ3) is 3.70. The highest BCUT2D eigenvalue weighted by Gasteiger charge is 2.35. The molecule has 0 aromatic heterocycles. The average Bonchev–Trinajstić information content (AvgIpc) is 2.30. The molecule has 1 aromatic rings. The summed E-state index contributed by atoms with van der Waals surface area (Å²) in [5.41, 5.74) is 7.32. The van der Waals surface area contributed by atoms with E-state index < -0.39 is 14.8 Å². The first-order valence-corrected chi connectivity index (χ1v) is 7.93. The maximum Gasteiger partial charge on any atom is 0.240 e. The molecule has 0 spiro atoms. The average molecular weight is 284 g/mol. The summed E-state index contributed by atoms with van der Waals surface area (Å²) in [6.07, 6.45) is 0.642. The van der Waals surface area contributed by atoms with Crippen molar-refractivity contribution in [3.8, 4) is 0 Å². The van der Waals surface area contributed by atoms with Crippen molar-refractivity contribution in [1.29, 1.82) is 0 Å². The molecule has 1 aromatic carbocycles. The van der Waals surface area contributed by atoms with Gasteiger partial charge in [0.15, 0.2) is 0 Å². The molecular weight excluding hydrogens is 260 g/mol. The maximum atomic E-state index is 12.6. The molecule has 0 aliphatic heterocycles. The first-order chi connectivity index (χ1) is 8.70. The van der Waals surface area contributed by atoms with Gasteiger partial charge in [0.1, 0.15) is 0 Å². The van der Waals surface area contributed by atoms with Gasteiger partial charge in [0.2, 0.25) is 10.0 Å². The molecule has 1 rings (SSSR count). The summed E-state index contributed by atoms with van der Waals surface area (Å²) in [5, 5.41) is 0. The smallest absolute Gasteiger partial charge is 0.240 e. The Morgan fingerprint density at radius 1 is 1.16 bits per heavy atom. The van der Waals surface area contributed by atoms with E-state index in [0.717, 1.165) is 5.56 Å². The number of anilines is 1. The number of benzene rings is 1. The summed E-state index contributed by atoms with van der Waals surface area (Å²) in [6, 6.07) is 7.52. The van der Waals surface area contributed by atoms with Gasteiger partial charge in [0, 0.05) is 6.54 Å². The summed E-state index contributed by atoms with van der Waals surface area (Å²) < 4.78 is 25.9. The molecule has 0 bridgehead atoms. The number of nitrogens with zero attached hydrogens (tertiary/aromatic N) is 1. The van der Waals surface area contributed by atoms with Gasteiger partial charge in [0.05, 0.1) is 10.4 Å². The molecule has 0 unspecified atom stereocenters. The first-order valence-electron chi connectivity index (χ1n) is 6.49. The molecule has 0 aliphatic rings. The van der Waals surface area contributed by atoms with Crippen LogP contribution >= 0.6 is 0 Å². The van der Waals surface area contributed by atoms with Crippen molar-refractivity contribution in [3.05, 3.63) is 29.8 Å². The van der Waals surface area contributed by atoms with Gasteiger partial charge in [0.25, 0.3) is 0 Å². The summed E-state index contributed by atoms with van der Waals surface area (Å²) in [4.78, 5) is 0. The number of rotatable bonds is 5. The Bertz CT molecular complexity index is 501. The van der Waals surface area contributed by atoms with Crippen LogP contribution in [0.15, 0.2) is 24.3 Å². The van der Waals surface area contributed by atoms with Crippen LogP contribution in [-0.2, 0) is 10.0 Å². The molecular formula is C14H24N2O2S. The summed E-state index contributed by atoms with van der Waals surface area (Å²) in [7, 11) is -3.40. The summed E-state index contributed by atoms with van der Waals surface area (Å²) in [5.74, 6) is 0. The fraction of sp³-hybridized carbons (Fsp3) is 0.571. The van der Waals surface area contributed by atoms with Crippen LogP contribution < -0.4 is 10.0 Å². The second kappa shape index (κ2) is 5.92.